The number of nitrogens with zero attached hydrogens (tertiary/aromatic N) is 3. The molecule has 2 aliphatic carbocycles. The summed E-state index contributed by atoms with van der Waals surface area (Å²) < 4.78 is 0. The number of likely N-dealkylation sites (tertiary alicyclic amines) is 1. The van der Waals surface area contributed by atoms with Gasteiger partial charge in [-0.15, -0.1) is 10.2 Å². The normalized spacial score (nSPS) is 29.6. The molecule has 0 radical (unpaired) electrons. The van der Waals surface area contributed by atoms with Gasteiger partial charge in [0.15, 0.2) is 0 Å². The van der Waals surface area contributed by atoms with Crippen molar-refractivity contribution in [3.05, 3.63) is 17.2 Å². The average Bonchev–Trinajstić information content (AvgIpc) is 3.33. The molecular weight excluding hydrogens is 340 g/mol. The average molecular weight is 360 g/mol. The predicted molar refractivity (Wildman–Crippen MR) is 91.6 cm³/mol. The summed E-state index contributed by atoms with van der Waals surface area (Å²) in [5.74, 6) is -0.484. The lowest BCUT2D eigenvalue weighted by molar-refractivity contribution is -0.140. The number of fused-ring (bicyclic) bond motifs is 5. The standard InChI is InChI=1S/C17H20N4O3S/c1-2-3-12-19-20-17(25-12)18-11(22)6-7-21-15(23)13-9-4-5-10(8-9)14(13)16(21)24/h4-5,9-10,13-14H,2-3,6-8H2,1H3,(H,18,20,22). The molecule has 2 bridgehead atoms. The summed E-state index contributed by atoms with van der Waals surface area (Å²) in [5.41, 5.74) is 0. The Hall–Kier alpha value is -2.09. The van der Waals surface area contributed by atoms with Crippen molar-refractivity contribution in [2.75, 3.05) is 11.9 Å². The summed E-state index contributed by atoms with van der Waals surface area (Å²) in [7, 11) is 0. The van der Waals surface area contributed by atoms with E-state index in [9.17, 15) is 14.4 Å². The topological polar surface area (TPSA) is 92.3 Å². The van der Waals surface area contributed by atoms with Crippen molar-refractivity contribution in [3.63, 3.8) is 0 Å². The van der Waals surface area contributed by atoms with E-state index in [4.69, 9.17) is 0 Å². The summed E-state index contributed by atoms with van der Waals surface area (Å²) in [5, 5.41) is 12.0. The Kier molecular flexibility index (Phi) is 4.15. The third kappa shape index (κ3) is 2.78. The van der Waals surface area contributed by atoms with Crippen LogP contribution in [0.15, 0.2) is 12.2 Å². The lowest BCUT2D eigenvalue weighted by atomic mass is 9.85. The molecule has 3 amide bonds. The minimum Gasteiger partial charge on any atom is -0.300 e. The van der Waals surface area contributed by atoms with Crippen LogP contribution in [0.3, 0.4) is 0 Å². The number of hydrogen-bond acceptors (Lipinski definition) is 6. The van der Waals surface area contributed by atoms with Gasteiger partial charge in [-0.05, 0) is 24.7 Å². The zero-order valence-electron chi connectivity index (χ0n) is 14.0. The van der Waals surface area contributed by atoms with Gasteiger partial charge in [-0.2, -0.15) is 0 Å². The summed E-state index contributed by atoms with van der Waals surface area (Å²) in [6.07, 6.45) is 6.94. The van der Waals surface area contributed by atoms with E-state index in [2.05, 4.69) is 34.6 Å². The minimum absolute atomic E-state index is 0.0857. The highest BCUT2D eigenvalue weighted by molar-refractivity contribution is 7.15. The molecule has 8 heteroatoms. The number of aryl methyl sites for hydroxylation is 1. The highest BCUT2D eigenvalue weighted by Gasteiger charge is 2.58. The zero-order valence-corrected chi connectivity index (χ0v) is 14.8. The Morgan fingerprint density at radius 1 is 1.24 bits per heavy atom. The van der Waals surface area contributed by atoms with Crippen LogP contribution < -0.4 is 5.32 Å². The Morgan fingerprint density at radius 3 is 2.56 bits per heavy atom. The van der Waals surface area contributed by atoms with E-state index in [-0.39, 0.29) is 54.4 Å². The number of aromatic nitrogens is 2. The summed E-state index contributed by atoms with van der Waals surface area (Å²) in [6.45, 7) is 2.19. The molecule has 2 heterocycles. The van der Waals surface area contributed by atoms with Gasteiger partial charge in [-0.1, -0.05) is 30.4 Å². The number of allylic oxidation sites excluding steroid dienone is 2. The molecule has 1 aromatic rings. The van der Waals surface area contributed by atoms with E-state index in [0.717, 1.165) is 24.3 Å². The lowest BCUT2D eigenvalue weighted by Crippen LogP contribution is -2.35. The fourth-order valence-electron chi connectivity index (χ4n) is 4.20. The number of amides is 3. The summed E-state index contributed by atoms with van der Waals surface area (Å²) in [6, 6.07) is 0. The number of anilines is 1. The zero-order chi connectivity index (χ0) is 17.6. The van der Waals surface area contributed by atoms with Gasteiger partial charge in [0, 0.05) is 19.4 Å². The maximum absolute atomic E-state index is 12.6. The maximum Gasteiger partial charge on any atom is 0.233 e. The molecule has 1 aromatic heterocycles. The first kappa shape index (κ1) is 16.4. The van der Waals surface area contributed by atoms with Gasteiger partial charge >= 0.3 is 0 Å². The van der Waals surface area contributed by atoms with Crippen LogP contribution in [0.25, 0.3) is 0 Å². The van der Waals surface area contributed by atoms with Crippen LogP contribution in [0, 0.1) is 23.7 Å². The SMILES string of the molecule is CCCc1nnc(NC(=O)CCN2C(=O)C3C4C=CC(C4)C3C2=O)s1. The number of imide groups is 1. The third-order valence-corrected chi connectivity index (χ3v) is 6.20. The second-order valence-corrected chi connectivity index (χ2v) is 7.94. The molecule has 4 atom stereocenters. The molecule has 25 heavy (non-hydrogen) atoms. The van der Waals surface area contributed by atoms with Crippen molar-refractivity contribution >= 4 is 34.2 Å². The Labute approximate surface area is 149 Å². The van der Waals surface area contributed by atoms with Crippen LogP contribution in [0.1, 0.15) is 31.2 Å². The second kappa shape index (κ2) is 6.33. The molecular formula is C17H20N4O3S. The Balaban J connectivity index is 1.33. The first-order chi connectivity index (χ1) is 12.1. The van der Waals surface area contributed by atoms with Gasteiger partial charge in [0.25, 0.3) is 0 Å². The van der Waals surface area contributed by atoms with Crippen molar-refractivity contribution in [2.45, 2.75) is 32.6 Å². The molecule has 4 rings (SSSR count). The van der Waals surface area contributed by atoms with Crippen LogP contribution in [0.5, 0.6) is 0 Å². The van der Waals surface area contributed by atoms with Crippen molar-refractivity contribution in [1.82, 2.24) is 15.1 Å². The smallest absolute Gasteiger partial charge is 0.233 e. The molecule has 7 nitrogen and oxygen atoms in total. The van der Waals surface area contributed by atoms with Crippen LogP contribution >= 0.6 is 11.3 Å². The van der Waals surface area contributed by atoms with Gasteiger partial charge in [-0.3, -0.25) is 19.3 Å². The van der Waals surface area contributed by atoms with E-state index in [0.29, 0.717) is 5.13 Å². The van der Waals surface area contributed by atoms with Crippen molar-refractivity contribution in [3.8, 4) is 0 Å². The fraction of sp³-hybridized carbons (Fsp3) is 0.588. The lowest BCUT2D eigenvalue weighted by Gasteiger charge is -2.16. The van der Waals surface area contributed by atoms with Crippen LogP contribution in [0.4, 0.5) is 5.13 Å². The summed E-state index contributed by atoms with van der Waals surface area (Å²) in [4.78, 5) is 38.5. The molecule has 1 N–H and O–H groups in total. The van der Waals surface area contributed by atoms with Crippen molar-refractivity contribution < 1.29 is 14.4 Å². The van der Waals surface area contributed by atoms with E-state index >= 15 is 0 Å². The number of carbonyl (C=O) groups is 3. The Morgan fingerprint density at radius 2 is 1.92 bits per heavy atom. The predicted octanol–water partition coefficient (Wildman–Crippen LogP) is 1.63. The molecule has 0 spiro atoms. The maximum atomic E-state index is 12.6. The minimum atomic E-state index is -0.252. The van der Waals surface area contributed by atoms with Gasteiger partial charge < -0.3 is 5.32 Å². The monoisotopic (exact) mass is 360 g/mol. The van der Waals surface area contributed by atoms with Gasteiger partial charge in [-0.25, -0.2) is 0 Å². The quantitative estimate of drug-likeness (QED) is 0.615. The van der Waals surface area contributed by atoms with Crippen molar-refractivity contribution in [1.29, 1.82) is 0 Å². The fourth-order valence-corrected chi connectivity index (χ4v) is 5.06. The van der Waals surface area contributed by atoms with Crippen LogP contribution in [-0.4, -0.2) is 39.4 Å². The second-order valence-electron chi connectivity index (χ2n) is 6.88. The number of rotatable bonds is 6. The van der Waals surface area contributed by atoms with Crippen molar-refractivity contribution in [2.24, 2.45) is 23.7 Å². The van der Waals surface area contributed by atoms with Gasteiger partial charge in [0.1, 0.15) is 5.01 Å². The third-order valence-electron chi connectivity index (χ3n) is 5.30. The highest BCUT2D eigenvalue weighted by atomic mass is 32.1. The van der Waals surface area contributed by atoms with Crippen LogP contribution in [-0.2, 0) is 20.8 Å². The van der Waals surface area contributed by atoms with Crippen LogP contribution in [0.2, 0.25) is 0 Å². The van der Waals surface area contributed by atoms with E-state index in [1.165, 1.54) is 16.2 Å². The number of hydrogen-bond donors (Lipinski definition) is 1. The molecule has 132 valence electrons. The first-order valence-corrected chi connectivity index (χ1v) is 9.56. The van der Waals surface area contributed by atoms with E-state index < -0.39 is 0 Å². The van der Waals surface area contributed by atoms with E-state index in [1.54, 1.807) is 0 Å². The molecule has 4 unspecified atom stereocenters. The number of nitrogens with one attached hydrogen (secondary N) is 1. The number of carbonyl (C=O) groups excluding carboxylic acids is 3. The van der Waals surface area contributed by atoms with E-state index in [1.807, 2.05) is 0 Å². The molecule has 2 fully saturated rings. The molecule has 0 aromatic carbocycles. The molecule has 1 aliphatic heterocycles. The summed E-state index contributed by atoms with van der Waals surface area (Å²) >= 11 is 1.36. The van der Waals surface area contributed by atoms with Gasteiger partial charge in [0.05, 0.1) is 11.8 Å². The molecule has 1 saturated carbocycles. The Bertz CT molecular complexity index is 729. The van der Waals surface area contributed by atoms with Gasteiger partial charge in [0.2, 0.25) is 22.9 Å². The largest absolute Gasteiger partial charge is 0.300 e. The highest BCUT2D eigenvalue weighted by Crippen LogP contribution is 2.52. The molecule has 1 saturated heterocycles. The first-order valence-electron chi connectivity index (χ1n) is 8.74. The molecule has 3 aliphatic rings.